The smallest absolute Gasteiger partial charge is 0.297 e. The minimum absolute atomic E-state index is 0.0237. The Hall–Kier alpha value is -4.38. The predicted octanol–water partition coefficient (Wildman–Crippen LogP) is 5.94. The number of hydrogen-bond acceptors (Lipinski definition) is 4. The molecule has 0 saturated heterocycles. The van der Waals surface area contributed by atoms with E-state index in [1.54, 1.807) is 24.3 Å². The lowest BCUT2D eigenvalue weighted by molar-refractivity contribution is -0.118. The van der Waals surface area contributed by atoms with E-state index in [1.807, 2.05) is 73.7 Å². The number of nitrogens with one attached hydrogen (secondary N) is 1. The number of anilines is 1. The molecule has 1 aromatic heterocycles. The van der Waals surface area contributed by atoms with Crippen molar-refractivity contribution in [2.24, 2.45) is 0 Å². The fraction of sp³-hybridized carbons (Fsp3) is 0.0714. The van der Waals surface area contributed by atoms with Gasteiger partial charge in [-0.3, -0.25) is 9.59 Å². The van der Waals surface area contributed by atoms with Gasteiger partial charge in [0, 0.05) is 11.1 Å². The van der Waals surface area contributed by atoms with Crippen LogP contribution >= 0.6 is 0 Å². The van der Waals surface area contributed by atoms with Crippen molar-refractivity contribution in [3.05, 3.63) is 107 Å². The molecule has 5 rings (SSSR count). The Morgan fingerprint density at radius 2 is 1.55 bits per heavy atom. The standard InChI is InChI=1S/C28H21NO4/c1-18-13-15-20(16-14-18)26-27(31)22-10-4-5-12-24(22)33-28(26)32-17-25(30)29-23-11-6-8-19-7-2-3-9-21(19)23/h2-16H,17H2,1H3,(H,29,30). The van der Waals surface area contributed by atoms with Crippen molar-refractivity contribution in [3.8, 4) is 17.1 Å². The molecule has 0 aliphatic heterocycles. The zero-order valence-electron chi connectivity index (χ0n) is 18.0. The summed E-state index contributed by atoms with van der Waals surface area (Å²) in [6.07, 6.45) is 0. The Kier molecular flexibility index (Phi) is 5.37. The van der Waals surface area contributed by atoms with Gasteiger partial charge in [0.05, 0.1) is 5.39 Å². The summed E-state index contributed by atoms with van der Waals surface area (Å²) in [5.41, 5.74) is 2.94. The van der Waals surface area contributed by atoms with E-state index in [1.165, 1.54) is 0 Å². The van der Waals surface area contributed by atoms with E-state index >= 15 is 0 Å². The molecule has 1 heterocycles. The van der Waals surface area contributed by atoms with Gasteiger partial charge < -0.3 is 14.5 Å². The topological polar surface area (TPSA) is 68.5 Å². The van der Waals surface area contributed by atoms with Crippen LogP contribution in [0, 0.1) is 6.92 Å². The quantitative estimate of drug-likeness (QED) is 0.371. The summed E-state index contributed by atoms with van der Waals surface area (Å²) >= 11 is 0. The number of amides is 1. The molecular formula is C28H21NO4. The van der Waals surface area contributed by atoms with Crippen molar-refractivity contribution in [3.63, 3.8) is 0 Å². The SMILES string of the molecule is Cc1ccc(-c2c(OCC(=O)Nc3cccc4ccccc34)oc3ccccc3c2=O)cc1. The van der Waals surface area contributed by atoms with Crippen molar-refractivity contribution in [1.82, 2.24) is 0 Å². The van der Waals surface area contributed by atoms with Crippen LogP contribution in [0.2, 0.25) is 0 Å². The lowest BCUT2D eigenvalue weighted by atomic mass is 10.0. The fourth-order valence-corrected chi connectivity index (χ4v) is 3.84. The molecule has 0 fully saturated rings. The Labute approximate surface area is 190 Å². The molecule has 0 aliphatic rings. The molecule has 33 heavy (non-hydrogen) atoms. The van der Waals surface area contributed by atoms with Gasteiger partial charge in [-0.15, -0.1) is 0 Å². The maximum absolute atomic E-state index is 13.3. The molecule has 0 radical (unpaired) electrons. The van der Waals surface area contributed by atoms with E-state index in [0.29, 0.717) is 27.8 Å². The van der Waals surface area contributed by atoms with Crippen LogP contribution in [0.5, 0.6) is 5.95 Å². The molecule has 162 valence electrons. The molecule has 5 nitrogen and oxygen atoms in total. The van der Waals surface area contributed by atoms with E-state index in [-0.39, 0.29) is 23.9 Å². The van der Waals surface area contributed by atoms with Crippen molar-refractivity contribution < 1.29 is 13.9 Å². The van der Waals surface area contributed by atoms with Crippen molar-refractivity contribution >= 4 is 33.3 Å². The van der Waals surface area contributed by atoms with Gasteiger partial charge in [0.25, 0.3) is 11.9 Å². The summed E-state index contributed by atoms with van der Waals surface area (Å²) in [4.78, 5) is 26.0. The summed E-state index contributed by atoms with van der Waals surface area (Å²) in [6, 6.07) is 28.0. The summed E-state index contributed by atoms with van der Waals surface area (Å²) in [6.45, 7) is 1.67. The highest BCUT2D eigenvalue weighted by atomic mass is 16.6. The summed E-state index contributed by atoms with van der Waals surface area (Å²) in [7, 11) is 0. The third-order valence-electron chi connectivity index (χ3n) is 5.50. The highest BCUT2D eigenvalue weighted by Crippen LogP contribution is 2.31. The molecule has 0 unspecified atom stereocenters. The zero-order valence-corrected chi connectivity index (χ0v) is 18.0. The average Bonchev–Trinajstić information content (AvgIpc) is 2.84. The van der Waals surface area contributed by atoms with E-state index in [2.05, 4.69) is 5.32 Å². The van der Waals surface area contributed by atoms with Crippen LogP contribution in [0.15, 0.2) is 100 Å². The molecule has 0 bridgehead atoms. The van der Waals surface area contributed by atoms with Gasteiger partial charge in [-0.2, -0.15) is 0 Å². The van der Waals surface area contributed by atoms with Crippen LogP contribution in [0.25, 0.3) is 32.9 Å². The monoisotopic (exact) mass is 435 g/mol. The molecule has 0 spiro atoms. The van der Waals surface area contributed by atoms with E-state index in [0.717, 1.165) is 16.3 Å². The average molecular weight is 435 g/mol. The maximum Gasteiger partial charge on any atom is 0.297 e. The van der Waals surface area contributed by atoms with Crippen LogP contribution < -0.4 is 15.5 Å². The zero-order chi connectivity index (χ0) is 22.8. The number of hydrogen-bond donors (Lipinski definition) is 1. The van der Waals surface area contributed by atoms with Crippen LogP contribution in [-0.2, 0) is 4.79 Å². The third kappa shape index (κ3) is 4.08. The fourth-order valence-electron chi connectivity index (χ4n) is 3.84. The number of ether oxygens (including phenoxy) is 1. The highest BCUT2D eigenvalue weighted by molar-refractivity contribution is 6.02. The number of rotatable bonds is 5. The van der Waals surface area contributed by atoms with Gasteiger partial charge in [-0.05, 0) is 36.1 Å². The molecule has 4 aromatic carbocycles. The van der Waals surface area contributed by atoms with Crippen LogP contribution in [0.1, 0.15) is 5.56 Å². The van der Waals surface area contributed by atoms with Gasteiger partial charge in [-0.1, -0.05) is 78.4 Å². The Morgan fingerprint density at radius 3 is 2.36 bits per heavy atom. The largest absolute Gasteiger partial charge is 0.454 e. The van der Waals surface area contributed by atoms with Crippen molar-refractivity contribution in [2.75, 3.05) is 11.9 Å². The third-order valence-corrected chi connectivity index (χ3v) is 5.50. The highest BCUT2D eigenvalue weighted by Gasteiger charge is 2.19. The van der Waals surface area contributed by atoms with Gasteiger partial charge in [0.1, 0.15) is 11.1 Å². The minimum Gasteiger partial charge on any atom is -0.454 e. The molecular weight excluding hydrogens is 414 g/mol. The summed E-state index contributed by atoms with van der Waals surface area (Å²) < 4.78 is 11.7. The van der Waals surface area contributed by atoms with E-state index in [4.69, 9.17) is 9.15 Å². The van der Waals surface area contributed by atoms with Crippen molar-refractivity contribution in [2.45, 2.75) is 6.92 Å². The molecule has 0 aliphatic carbocycles. The number of fused-ring (bicyclic) bond motifs is 2. The van der Waals surface area contributed by atoms with Crippen molar-refractivity contribution in [1.29, 1.82) is 0 Å². The number of carbonyl (C=O) groups is 1. The molecule has 1 amide bonds. The number of para-hydroxylation sites is 1. The van der Waals surface area contributed by atoms with Gasteiger partial charge >= 0.3 is 0 Å². The van der Waals surface area contributed by atoms with E-state index < -0.39 is 0 Å². The first-order valence-corrected chi connectivity index (χ1v) is 10.6. The summed E-state index contributed by atoms with van der Waals surface area (Å²) in [5.74, 6) is -0.326. The first-order chi connectivity index (χ1) is 16.1. The maximum atomic E-state index is 13.3. The Bertz CT molecular complexity index is 1530. The molecule has 5 heteroatoms. The minimum atomic E-state index is -0.350. The van der Waals surface area contributed by atoms with Crippen LogP contribution in [-0.4, -0.2) is 12.5 Å². The first-order valence-electron chi connectivity index (χ1n) is 10.6. The first kappa shape index (κ1) is 20.5. The second-order valence-electron chi connectivity index (χ2n) is 7.82. The molecule has 0 saturated carbocycles. The van der Waals surface area contributed by atoms with Gasteiger partial charge in [0.2, 0.25) is 5.43 Å². The predicted molar refractivity (Wildman–Crippen MR) is 131 cm³/mol. The second-order valence-corrected chi connectivity index (χ2v) is 7.82. The van der Waals surface area contributed by atoms with Gasteiger partial charge in [0.15, 0.2) is 6.61 Å². The summed E-state index contributed by atoms with van der Waals surface area (Å²) in [5, 5.41) is 5.31. The number of aryl methyl sites for hydroxylation is 1. The van der Waals surface area contributed by atoms with Crippen LogP contribution in [0.3, 0.4) is 0 Å². The Balaban J connectivity index is 1.47. The normalized spacial score (nSPS) is 10.9. The molecule has 1 N–H and O–H groups in total. The number of benzene rings is 4. The Morgan fingerprint density at radius 1 is 0.848 bits per heavy atom. The lowest BCUT2D eigenvalue weighted by Gasteiger charge is -2.12. The number of carbonyl (C=O) groups excluding carboxylic acids is 1. The molecule has 0 atom stereocenters. The molecule has 5 aromatic rings. The van der Waals surface area contributed by atoms with E-state index in [9.17, 15) is 9.59 Å². The van der Waals surface area contributed by atoms with Gasteiger partial charge in [-0.25, -0.2) is 0 Å². The van der Waals surface area contributed by atoms with Crippen LogP contribution in [0.4, 0.5) is 5.69 Å². The lowest BCUT2D eigenvalue weighted by Crippen LogP contribution is -2.21. The second kappa shape index (κ2) is 8.63.